The monoisotopic (exact) mass is 255 g/mol. The average Bonchev–Trinajstić information content (AvgIpc) is 2.91. The van der Waals surface area contributed by atoms with Crippen LogP contribution in [0.5, 0.6) is 0 Å². The number of nitrogens with zero attached hydrogens (tertiary/aromatic N) is 3. The van der Waals surface area contributed by atoms with E-state index in [0.717, 1.165) is 5.39 Å². The first-order valence-electron chi connectivity index (χ1n) is 5.50. The molecule has 0 bridgehead atoms. The predicted molar refractivity (Wildman–Crippen MR) is 68.4 cm³/mol. The Morgan fingerprint density at radius 3 is 2.79 bits per heavy atom. The van der Waals surface area contributed by atoms with Crippen LogP contribution in [0.15, 0.2) is 36.5 Å². The first-order valence-corrected chi connectivity index (χ1v) is 5.50. The van der Waals surface area contributed by atoms with Crippen LogP contribution in [0.1, 0.15) is 10.6 Å². The van der Waals surface area contributed by atoms with Crippen LogP contribution in [-0.2, 0) is 0 Å². The van der Waals surface area contributed by atoms with Gasteiger partial charge in [-0.05, 0) is 12.1 Å². The molecule has 0 radical (unpaired) electrons. The number of rotatable bonds is 3. The van der Waals surface area contributed by atoms with Crippen molar-refractivity contribution in [1.29, 1.82) is 0 Å². The molecular formula is C12H9N5O2. The molecule has 0 aliphatic rings. The Morgan fingerprint density at radius 2 is 2.05 bits per heavy atom. The van der Waals surface area contributed by atoms with Gasteiger partial charge in [0.1, 0.15) is 11.6 Å². The van der Waals surface area contributed by atoms with Gasteiger partial charge in [0.15, 0.2) is 0 Å². The fraction of sp³-hybridized carbons (Fsp3) is 0. The van der Waals surface area contributed by atoms with Crippen LogP contribution >= 0.6 is 0 Å². The number of carboxylic acids is 1. The molecule has 0 aliphatic carbocycles. The Kier molecular flexibility index (Phi) is 2.57. The normalized spacial score (nSPS) is 10.5. The molecule has 0 atom stereocenters. The van der Waals surface area contributed by atoms with Crippen molar-refractivity contribution in [3.63, 3.8) is 0 Å². The molecular weight excluding hydrogens is 246 g/mol. The summed E-state index contributed by atoms with van der Waals surface area (Å²) in [7, 11) is 0. The zero-order chi connectivity index (χ0) is 13.2. The number of aromatic amines is 1. The molecule has 1 aromatic carbocycles. The second-order valence-corrected chi connectivity index (χ2v) is 3.81. The number of para-hydroxylation sites is 1. The first-order chi connectivity index (χ1) is 9.24. The topological polar surface area (TPSA) is 104 Å². The number of hydrogen-bond acceptors (Lipinski definition) is 5. The maximum Gasteiger partial charge on any atom is 0.374 e. The standard InChI is InChI=1S/C12H9N5O2/c18-12(19)11-14-8-4-2-1-3-7(8)10(16-11)15-9-5-6-13-17-9/h1-6H,(H,18,19)(H2,13,14,15,16,17). The highest BCUT2D eigenvalue weighted by Crippen LogP contribution is 2.22. The quantitative estimate of drug-likeness (QED) is 0.659. The van der Waals surface area contributed by atoms with Crippen LogP contribution in [0.2, 0.25) is 0 Å². The number of H-pyrrole nitrogens is 1. The van der Waals surface area contributed by atoms with Gasteiger partial charge in [-0.25, -0.2) is 14.8 Å². The van der Waals surface area contributed by atoms with E-state index in [1.807, 2.05) is 12.1 Å². The van der Waals surface area contributed by atoms with Gasteiger partial charge in [0.2, 0.25) is 5.82 Å². The average molecular weight is 255 g/mol. The van der Waals surface area contributed by atoms with Crippen LogP contribution in [0, 0.1) is 0 Å². The lowest BCUT2D eigenvalue weighted by atomic mass is 10.2. The maximum atomic E-state index is 11.0. The highest BCUT2D eigenvalue weighted by Gasteiger charge is 2.12. The van der Waals surface area contributed by atoms with Crippen molar-refractivity contribution in [2.24, 2.45) is 0 Å². The number of hydrogen-bond donors (Lipinski definition) is 3. The Bertz CT molecular complexity index is 739. The van der Waals surface area contributed by atoms with Gasteiger partial charge in [-0.1, -0.05) is 12.1 Å². The molecule has 0 unspecified atom stereocenters. The fourth-order valence-corrected chi connectivity index (χ4v) is 1.72. The van der Waals surface area contributed by atoms with Gasteiger partial charge in [-0.2, -0.15) is 5.10 Å². The van der Waals surface area contributed by atoms with Crippen LogP contribution in [0.4, 0.5) is 11.6 Å². The molecule has 3 N–H and O–H groups in total. The predicted octanol–water partition coefficient (Wildman–Crippen LogP) is 1.79. The van der Waals surface area contributed by atoms with E-state index >= 15 is 0 Å². The fourth-order valence-electron chi connectivity index (χ4n) is 1.72. The lowest BCUT2D eigenvalue weighted by molar-refractivity contribution is 0.0684. The molecule has 3 aromatic rings. The molecule has 0 saturated carbocycles. The highest BCUT2D eigenvalue weighted by molar-refractivity contribution is 5.94. The summed E-state index contributed by atoms with van der Waals surface area (Å²) in [5.41, 5.74) is 0.567. The Labute approximate surface area is 107 Å². The van der Waals surface area contributed by atoms with Crippen molar-refractivity contribution >= 4 is 28.5 Å². The third kappa shape index (κ3) is 2.08. The van der Waals surface area contributed by atoms with Crippen LogP contribution in [0.3, 0.4) is 0 Å². The van der Waals surface area contributed by atoms with Gasteiger partial charge in [-0.3, -0.25) is 5.10 Å². The van der Waals surface area contributed by atoms with E-state index in [0.29, 0.717) is 17.2 Å². The van der Waals surface area contributed by atoms with Gasteiger partial charge in [0.05, 0.1) is 11.7 Å². The van der Waals surface area contributed by atoms with Crippen molar-refractivity contribution < 1.29 is 9.90 Å². The maximum absolute atomic E-state index is 11.0. The van der Waals surface area contributed by atoms with E-state index in [9.17, 15) is 4.79 Å². The summed E-state index contributed by atoms with van der Waals surface area (Å²) < 4.78 is 0. The van der Waals surface area contributed by atoms with Crippen molar-refractivity contribution in [1.82, 2.24) is 20.2 Å². The molecule has 0 aliphatic heterocycles. The lowest BCUT2D eigenvalue weighted by Gasteiger charge is -2.07. The number of aromatic nitrogens is 4. The third-order valence-corrected chi connectivity index (χ3v) is 2.55. The van der Waals surface area contributed by atoms with Crippen molar-refractivity contribution in [2.45, 2.75) is 0 Å². The summed E-state index contributed by atoms with van der Waals surface area (Å²) in [5, 5.41) is 19.3. The van der Waals surface area contributed by atoms with E-state index in [4.69, 9.17) is 5.11 Å². The Morgan fingerprint density at radius 1 is 1.21 bits per heavy atom. The Hall–Kier alpha value is -2.96. The van der Waals surface area contributed by atoms with Gasteiger partial charge in [0.25, 0.3) is 0 Å². The van der Waals surface area contributed by atoms with Gasteiger partial charge in [0, 0.05) is 11.5 Å². The Balaban J connectivity index is 2.17. The molecule has 0 fully saturated rings. The largest absolute Gasteiger partial charge is 0.475 e. The minimum Gasteiger partial charge on any atom is -0.475 e. The number of nitrogens with one attached hydrogen (secondary N) is 2. The second kappa shape index (κ2) is 4.37. The third-order valence-electron chi connectivity index (χ3n) is 2.55. The molecule has 2 heterocycles. The van der Waals surface area contributed by atoms with Gasteiger partial charge < -0.3 is 10.4 Å². The molecule has 94 valence electrons. The molecule has 19 heavy (non-hydrogen) atoms. The molecule has 0 amide bonds. The van der Waals surface area contributed by atoms with E-state index in [1.165, 1.54) is 0 Å². The van der Waals surface area contributed by atoms with Gasteiger partial charge in [-0.15, -0.1) is 0 Å². The second-order valence-electron chi connectivity index (χ2n) is 3.81. The van der Waals surface area contributed by atoms with E-state index < -0.39 is 5.97 Å². The summed E-state index contributed by atoms with van der Waals surface area (Å²) >= 11 is 0. The molecule has 0 spiro atoms. The summed E-state index contributed by atoms with van der Waals surface area (Å²) in [6, 6.07) is 8.91. The summed E-state index contributed by atoms with van der Waals surface area (Å²) in [4.78, 5) is 19.0. The number of anilines is 2. The van der Waals surface area contributed by atoms with Crippen molar-refractivity contribution in [2.75, 3.05) is 5.32 Å². The first kappa shape index (κ1) is 11.1. The molecule has 2 aromatic heterocycles. The minimum atomic E-state index is -1.17. The summed E-state index contributed by atoms with van der Waals surface area (Å²) in [6.45, 7) is 0. The molecule has 0 saturated heterocycles. The molecule has 7 heteroatoms. The van der Waals surface area contributed by atoms with Crippen molar-refractivity contribution in [3.05, 3.63) is 42.4 Å². The zero-order valence-corrected chi connectivity index (χ0v) is 9.66. The van der Waals surface area contributed by atoms with E-state index in [2.05, 4.69) is 25.5 Å². The number of aromatic carboxylic acids is 1. The van der Waals surface area contributed by atoms with Gasteiger partial charge >= 0.3 is 5.97 Å². The van der Waals surface area contributed by atoms with Crippen molar-refractivity contribution in [3.8, 4) is 0 Å². The van der Waals surface area contributed by atoms with Crippen LogP contribution < -0.4 is 5.32 Å². The van der Waals surface area contributed by atoms with Crippen LogP contribution in [0.25, 0.3) is 10.9 Å². The number of fused-ring (bicyclic) bond motifs is 1. The highest BCUT2D eigenvalue weighted by atomic mass is 16.4. The summed E-state index contributed by atoms with van der Waals surface area (Å²) in [6.07, 6.45) is 1.59. The lowest BCUT2D eigenvalue weighted by Crippen LogP contribution is -2.07. The number of carbonyl (C=O) groups is 1. The SMILES string of the molecule is O=C(O)c1nc(Nc2ccn[nH]2)c2ccccc2n1. The minimum absolute atomic E-state index is 0.249. The van der Waals surface area contributed by atoms with E-state index in [1.54, 1.807) is 24.4 Å². The van der Waals surface area contributed by atoms with Crippen LogP contribution in [-0.4, -0.2) is 31.2 Å². The molecule has 3 rings (SSSR count). The number of carboxylic acid groups (broad SMARTS) is 1. The van der Waals surface area contributed by atoms with E-state index in [-0.39, 0.29) is 5.82 Å². The zero-order valence-electron chi connectivity index (χ0n) is 9.66. The number of benzene rings is 1. The smallest absolute Gasteiger partial charge is 0.374 e. The molecule has 7 nitrogen and oxygen atoms in total. The summed E-state index contributed by atoms with van der Waals surface area (Å²) in [5.74, 6) is -0.369.